The molecular formula is C23H18N2O. The molecule has 0 atom stereocenters. The molecule has 3 aromatic carbocycles. The van der Waals surface area contributed by atoms with Crippen LogP contribution in [0.1, 0.15) is 22.4 Å². The maximum Gasteiger partial charge on any atom is 0.243 e. The number of phenolic OH excluding ortho intramolecular Hbond substituents is 1. The summed E-state index contributed by atoms with van der Waals surface area (Å²) in [5.41, 5.74) is 4.80. The Morgan fingerprint density at radius 2 is 1.46 bits per heavy atom. The monoisotopic (exact) mass is 338 g/mol. The number of fused-ring (bicyclic) bond motifs is 3. The fraction of sp³-hybridized carbons (Fsp3) is 0.0870. The second-order valence-corrected chi connectivity index (χ2v) is 6.72. The Hall–Kier alpha value is -3.33. The van der Waals surface area contributed by atoms with Crippen molar-refractivity contribution in [3.63, 3.8) is 0 Å². The lowest BCUT2D eigenvalue weighted by atomic mass is 9.68. The Labute approximate surface area is 152 Å². The average molecular weight is 338 g/mol. The van der Waals surface area contributed by atoms with Crippen molar-refractivity contribution in [3.05, 3.63) is 114 Å². The van der Waals surface area contributed by atoms with Crippen LogP contribution in [0, 0.1) is 6.33 Å². The lowest BCUT2D eigenvalue weighted by molar-refractivity contribution is -0.675. The number of benzene rings is 3. The summed E-state index contributed by atoms with van der Waals surface area (Å²) < 4.78 is 3.91. The Morgan fingerprint density at radius 1 is 0.846 bits per heavy atom. The highest BCUT2D eigenvalue weighted by molar-refractivity contribution is 5.71. The van der Waals surface area contributed by atoms with Crippen LogP contribution < -0.4 is 4.57 Å². The zero-order valence-electron chi connectivity index (χ0n) is 14.4. The van der Waals surface area contributed by atoms with Crippen molar-refractivity contribution < 1.29 is 9.67 Å². The van der Waals surface area contributed by atoms with Crippen molar-refractivity contribution in [3.8, 4) is 11.4 Å². The Bertz CT molecular complexity index is 1060. The van der Waals surface area contributed by atoms with Gasteiger partial charge in [0.15, 0.2) is 0 Å². The van der Waals surface area contributed by atoms with Gasteiger partial charge in [-0.15, -0.1) is 0 Å². The lowest BCUT2D eigenvalue weighted by Gasteiger charge is -2.33. The first-order valence-corrected chi connectivity index (χ1v) is 8.68. The molecule has 0 saturated heterocycles. The topological polar surface area (TPSA) is 29.0 Å². The second-order valence-electron chi connectivity index (χ2n) is 6.72. The quantitative estimate of drug-likeness (QED) is 0.387. The van der Waals surface area contributed by atoms with E-state index in [4.69, 9.17) is 0 Å². The van der Waals surface area contributed by atoms with Gasteiger partial charge in [0.25, 0.3) is 0 Å². The molecule has 1 N–H and O–H groups in total. The lowest BCUT2D eigenvalue weighted by Crippen LogP contribution is -2.31. The highest BCUT2D eigenvalue weighted by atomic mass is 16.3. The number of hydrogen-bond donors (Lipinski definition) is 1. The van der Waals surface area contributed by atoms with E-state index in [9.17, 15) is 5.11 Å². The maximum atomic E-state index is 10.7. The molecule has 0 unspecified atom stereocenters. The van der Waals surface area contributed by atoms with Crippen LogP contribution in [0.5, 0.6) is 5.75 Å². The first-order valence-electron chi connectivity index (χ1n) is 8.68. The number of aromatic nitrogens is 2. The van der Waals surface area contributed by atoms with Gasteiger partial charge in [-0.05, 0) is 22.8 Å². The normalized spacial score (nSPS) is 14.0. The number of rotatable bonds is 2. The van der Waals surface area contributed by atoms with Crippen LogP contribution in [0.3, 0.4) is 0 Å². The molecule has 0 bridgehead atoms. The summed E-state index contributed by atoms with van der Waals surface area (Å²) in [6, 6.07) is 26.7. The van der Waals surface area contributed by atoms with Crippen LogP contribution in [0.15, 0.2) is 85.1 Å². The number of hydrogen-bond acceptors (Lipinski definition) is 1. The molecule has 26 heavy (non-hydrogen) atoms. The molecular weight excluding hydrogens is 320 g/mol. The summed E-state index contributed by atoms with van der Waals surface area (Å²) >= 11 is 0. The molecule has 4 aromatic rings. The van der Waals surface area contributed by atoms with Crippen molar-refractivity contribution in [2.75, 3.05) is 0 Å². The van der Waals surface area contributed by atoms with Gasteiger partial charge in [0.1, 0.15) is 5.75 Å². The van der Waals surface area contributed by atoms with Crippen molar-refractivity contribution >= 4 is 0 Å². The molecule has 126 valence electrons. The standard InChI is InChI=1S/C23H18N2O/c1-24-15-21-23(17-9-4-2-5-10-17,18-11-6-3-7-12-18)19-13-8-14-20(26)22(19)25(21)16-24/h2-15,26H,1H3. The zero-order chi connectivity index (χ0) is 17.7. The zero-order valence-corrected chi connectivity index (χ0v) is 14.4. The van der Waals surface area contributed by atoms with Crippen LogP contribution in [-0.2, 0) is 12.5 Å². The van der Waals surface area contributed by atoms with E-state index in [2.05, 4.69) is 67.1 Å². The van der Waals surface area contributed by atoms with Crippen LogP contribution in [0.25, 0.3) is 5.69 Å². The van der Waals surface area contributed by atoms with Gasteiger partial charge in [-0.2, -0.15) is 0 Å². The van der Waals surface area contributed by atoms with Crippen LogP contribution in [0.2, 0.25) is 0 Å². The van der Waals surface area contributed by atoms with E-state index in [-0.39, 0.29) is 5.75 Å². The summed E-state index contributed by atoms with van der Waals surface area (Å²) in [4.78, 5) is 0. The highest BCUT2D eigenvalue weighted by Crippen LogP contribution is 2.53. The SMILES string of the molecule is C[n+]1[c-]n2c(c1)C(c1ccccc1)(c1ccccc1)c1cccc(O)c1-2. The molecule has 1 aliphatic rings. The summed E-state index contributed by atoms with van der Waals surface area (Å²) in [7, 11) is 1.96. The third kappa shape index (κ3) is 1.80. The van der Waals surface area contributed by atoms with Gasteiger partial charge >= 0.3 is 0 Å². The first kappa shape index (κ1) is 15.0. The van der Waals surface area contributed by atoms with Crippen molar-refractivity contribution in [1.29, 1.82) is 0 Å². The molecule has 0 radical (unpaired) electrons. The maximum absolute atomic E-state index is 10.7. The minimum absolute atomic E-state index is 0.268. The number of imidazole rings is 1. The van der Waals surface area contributed by atoms with E-state index in [1.807, 2.05) is 34.4 Å². The summed E-state index contributed by atoms with van der Waals surface area (Å²) in [6.45, 7) is 0. The van der Waals surface area contributed by atoms with Gasteiger partial charge in [-0.1, -0.05) is 72.8 Å². The number of aromatic hydroxyl groups is 1. The number of aryl methyl sites for hydroxylation is 1. The van der Waals surface area contributed by atoms with E-state index in [0.717, 1.165) is 16.9 Å². The van der Waals surface area contributed by atoms with Crippen molar-refractivity contribution in [1.82, 2.24) is 4.57 Å². The van der Waals surface area contributed by atoms with Crippen LogP contribution in [0.4, 0.5) is 0 Å². The predicted molar refractivity (Wildman–Crippen MR) is 99.3 cm³/mol. The molecule has 1 aliphatic heterocycles. The third-order valence-electron chi connectivity index (χ3n) is 5.25. The average Bonchev–Trinajstić information content (AvgIpc) is 3.17. The van der Waals surface area contributed by atoms with Gasteiger partial charge in [-0.3, -0.25) is 0 Å². The molecule has 5 rings (SSSR count). The number of nitrogens with zero attached hydrogens (tertiary/aromatic N) is 2. The fourth-order valence-corrected chi connectivity index (χ4v) is 4.27. The predicted octanol–water partition coefficient (Wildman–Crippen LogP) is 3.50. The van der Waals surface area contributed by atoms with Crippen molar-refractivity contribution in [2.24, 2.45) is 7.05 Å². The number of phenols is 1. The molecule has 3 heteroatoms. The Kier molecular flexibility index (Phi) is 3.07. The third-order valence-corrected chi connectivity index (χ3v) is 5.25. The summed E-state index contributed by atoms with van der Waals surface area (Å²) in [6.07, 6.45) is 5.42. The van der Waals surface area contributed by atoms with Crippen LogP contribution in [-0.4, -0.2) is 9.67 Å². The minimum Gasteiger partial charge on any atom is -0.513 e. The van der Waals surface area contributed by atoms with Gasteiger partial charge in [0, 0.05) is 11.9 Å². The smallest absolute Gasteiger partial charge is 0.243 e. The van der Waals surface area contributed by atoms with E-state index >= 15 is 0 Å². The number of para-hydroxylation sites is 1. The summed E-state index contributed by atoms with van der Waals surface area (Å²) in [5.74, 6) is 0.268. The van der Waals surface area contributed by atoms with Crippen molar-refractivity contribution in [2.45, 2.75) is 5.41 Å². The van der Waals surface area contributed by atoms with E-state index in [1.165, 1.54) is 11.1 Å². The Morgan fingerprint density at radius 3 is 2.08 bits per heavy atom. The molecule has 3 nitrogen and oxygen atoms in total. The first-order chi connectivity index (χ1) is 12.7. The summed E-state index contributed by atoms with van der Waals surface area (Å²) in [5, 5.41) is 10.7. The van der Waals surface area contributed by atoms with Gasteiger partial charge in [0.05, 0.1) is 18.2 Å². The van der Waals surface area contributed by atoms with Gasteiger partial charge in [0.2, 0.25) is 6.33 Å². The second kappa shape index (κ2) is 5.33. The van der Waals surface area contributed by atoms with E-state index < -0.39 is 5.41 Å². The molecule has 0 saturated carbocycles. The van der Waals surface area contributed by atoms with E-state index in [0.29, 0.717) is 0 Å². The van der Waals surface area contributed by atoms with E-state index in [1.54, 1.807) is 6.07 Å². The molecule has 0 spiro atoms. The molecule has 0 aliphatic carbocycles. The molecule has 2 heterocycles. The minimum atomic E-state index is -0.492. The molecule has 0 amide bonds. The molecule has 1 aromatic heterocycles. The fourth-order valence-electron chi connectivity index (χ4n) is 4.27. The largest absolute Gasteiger partial charge is 0.513 e. The van der Waals surface area contributed by atoms with Crippen LogP contribution >= 0.6 is 0 Å². The van der Waals surface area contributed by atoms with Gasteiger partial charge < -0.3 is 14.2 Å². The Balaban J connectivity index is 2.00. The highest BCUT2D eigenvalue weighted by Gasteiger charge is 2.46. The van der Waals surface area contributed by atoms with Gasteiger partial charge in [-0.25, -0.2) is 0 Å². The molecule has 0 fully saturated rings.